The number of aryl methyl sites for hydroxylation is 2. The molecule has 3 aromatic rings. The largest absolute Gasteiger partial charge is 0.326 e. The molecular weight excluding hydrogens is 342 g/mol. The van der Waals surface area contributed by atoms with Gasteiger partial charge in [-0.15, -0.1) is 0 Å². The fourth-order valence-electron chi connectivity index (χ4n) is 5.51. The molecule has 1 N–H and O–H groups in total. The van der Waals surface area contributed by atoms with E-state index in [-0.39, 0.29) is 17.7 Å². The number of carbonyl (C=O) groups excluding carboxylic acids is 1. The minimum absolute atomic E-state index is 0.0933. The zero-order chi connectivity index (χ0) is 19.5. The molecule has 0 saturated heterocycles. The van der Waals surface area contributed by atoms with Crippen LogP contribution in [0.2, 0.25) is 0 Å². The molecule has 0 saturated carbocycles. The van der Waals surface area contributed by atoms with Crippen LogP contribution in [0.15, 0.2) is 66.7 Å². The zero-order valence-electron chi connectivity index (χ0n) is 16.6. The summed E-state index contributed by atoms with van der Waals surface area (Å²) in [5, 5.41) is 3.24. The van der Waals surface area contributed by atoms with Crippen LogP contribution in [-0.2, 0) is 4.79 Å². The predicted molar refractivity (Wildman–Crippen MR) is 114 cm³/mol. The second-order valence-electron chi connectivity index (χ2n) is 8.70. The number of hydrogen-bond donors (Lipinski definition) is 1. The lowest BCUT2D eigenvalue weighted by molar-refractivity contribution is -0.126. The maximum Gasteiger partial charge on any atom is 0.231 e. The second-order valence-corrected chi connectivity index (χ2v) is 8.70. The number of carbonyl (C=O) groups is 1. The van der Waals surface area contributed by atoms with Crippen LogP contribution < -0.4 is 5.32 Å². The number of anilines is 1. The maximum absolute atomic E-state index is 13.6. The van der Waals surface area contributed by atoms with Crippen molar-refractivity contribution in [2.24, 2.45) is 5.41 Å². The molecule has 3 aliphatic carbocycles. The summed E-state index contributed by atoms with van der Waals surface area (Å²) in [5.41, 5.74) is 8.18. The normalized spacial score (nSPS) is 24.4. The quantitative estimate of drug-likeness (QED) is 0.597. The Balaban J connectivity index is 1.60. The van der Waals surface area contributed by atoms with Gasteiger partial charge >= 0.3 is 0 Å². The van der Waals surface area contributed by atoms with Crippen LogP contribution in [0.25, 0.3) is 0 Å². The Hall–Kier alpha value is -2.87. The molecule has 0 fully saturated rings. The van der Waals surface area contributed by atoms with Gasteiger partial charge in [0.05, 0.1) is 5.41 Å². The topological polar surface area (TPSA) is 29.1 Å². The van der Waals surface area contributed by atoms with Crippen LogP contribution in [0.1, 0.15) is 58.6 Å². The van der Waals surface area contributed by atoms with Crippen molar-refractivity contribution in [2.75, 3.05) is 5.32 Å². The Morgan fingerprint density at radius 3 is 1.89 bits per heavy atom. The average molecular weight is 367 g/mol. The maximum atomic E-state index is 13.6. The first kappa shape index (κ1) is 17.2. The summed E-state index contributed by atoms with van der Waals surface area (Å²) < 4.78 is 0. The van der Waals surface area contributed by atoms with E-state index in [2.05, 4.69) is 92.8 Å². The molecule has 1 atom stereocenters. The fraction of sp³-hybridized carbons (Fsp3) is 0.269. The van der Waals surface area contributed by atoms with Crippen molar-refractivity contribution >= 4 is 11.6 Å². The molecule has 0 radical (unpaired) electrons. The van der Waals surface area contributed by atoms with E-state index < -0.39 is 5.41 Å². The summed E-state index contributed by atoms with van der Waals surface area (Å²) in [7, 11) is 0. The van der Waals surface area contributed by atoms with Crippen molar-refractivity contribution < 1.29 is 4.79 Å². The molecule has 2 nitrogen and oxygen atoms in total. The average Bonchev–Trinajstić information content (AvgIpc) is 2.67. The Bertz CT molecular complexity index is 1030. The first-order chi connectivity index (χ1) is 13.5. The van der Waals surface area contributed by atoms with Gasteiger partial charge in [-0.05, 0) is 72.7 Å². The Labute approximate surface area is 166 Å². The third-order valence-corrected chi connectivity index (χ3v) is 6.63. The van der Waals surface area contributed by atoms with Crippen LogP contribution in [0.5, 0.6) is 0 Å². The van der Waals surface area contributed by atoms with Gasteiger partial charge in [-0.25, -0.2) is 0 Å². The molecule has 3 aliphatic rings. The Morgan fingerprint density at radius 2 is 1.36 bits per heavy atom. The van der Waals surface area contributed by atoms with Crippen LogP contribution >= 0.6 is 0 Å². The molecule has 2 heteroatoms. The molecule has 3 aromatic carbocycles. The molecule has 0 aliphatic heterocycles. The van der Waals surface area contributed by atoms with Gasteiger partial charge in [-0.3, -0.25) is 4.79 Å². The Morgan fingerprint density at radius 1 is 0.857 bits per heavy atom. The fourth-order valence-corrected chi connectivity index (χ4v) is 5.51. The summed E-state index contributed by atoms with van der Waals surface area (Å²) >= 11 is 0. The zero-order valence-corrected chi connectivity index (χ0v) is 16.6. The third kappa shape index (κ3) is 2.44. The van der Waals surface area contributed by atoms with Crippen molar-refractivity contribution in [3.8, 4) is 0 Å². The standard InChI is InChI=1S/C26H25NO/c1-16-12-17(2)14-18(13-16)27-25(28)26(3)15-23-19-8-4-6-10-21(19)24(26)22-11-7-5-9-20(22)23/h4-14,23-24H,15H2,1-3H3,(H,27,28). The van der Waals surface area contributed by atoms with Crippen molar-refractivity contribution in [3.05, 3.63) is 100 Å². The molecule has 1 amide bonds. The van der Waals surface area contributed by atoms with E-state index in [0.717, 1.165) is 12.1 Å². The molecule has 0 spiro atoms. The van der Waals surface area contributed by atoms with Crippen molar-refractivity contribution in [1.82, 2.24) is 0 Å². The number of fused-ring (bicyclic) bond motifs is 1. The van der Waals surface area contributed by atoms with Gasteiger partial charge in [0.25, 0.3) is 0 Å². The molecule has 0 heterocycles. The number of hydrogen-bond acceptors (Lipinski definition) is 1. The Kier molecular flexibility index (Phi) is 3.74. The first-order valence-electron chi connectivity index (χ1n) is 10.0. The smallest absolute Gasteiger partial charge is 0.231 e. The molecule has 2 bridgehead atoms. The summed E-state index contributed by atoms with van der Waals surface area (Å²) in [6.45, 7) is 6.29. The molecular formula is C26H25NO. The van der Waals surface area contributed by atoms with Crippen molar-refractivity contribution in [3.63, 3.8) is 0 Å². The summed E-state index contributed by atoms with van der Waals surface area (Å²) in [6, 6.07) is 23.6. The highest BCUT2D eigenvalue weighted by atomic mass is 16.2. The second kappa shape index (κ2) is 6.07. The lowest BCUT2D eigenvalue weighted by atomic mass is 9.52. The van der Waals surface area contributed by atoms with E-state index in [1.165, 1.54) is 33.4 Å². The highest BCUT2D eigenvalue weighted by molar-refractivity contribution is 5.97. The lowest BCUT2D eigenvalue weighted by Gasteiger charge is -2.50. The highest BCUT2D eigenvalue weighted by Gasteiger charge is 2.53. The number of benzene rings is 3. The summed E-state index contributed by atoms with van der Waals surface area (Å²) in [5.74, 6) is 0.500. The first-order valence-corrected chi connectivity index (χ1v) is 10.0. The third-order valence-electron chi connectivity index (χ3n) is 6.63. The van der Waals surface area contributed by atoms with E-state index in [0.29, 0.717) is 0 Å². The lowest BCUT2D eigenvalue weighted by Crippen LogP contribution is -2.47. The van der Waals surface area contributed by atoms with Crippen LogP contribution in [-0.4, -0.2) is 5.91 Å². The highest BCUT2D eigenvalue weighted by Crippen LogP contribution is 2.61. The monoisotopic (exact) mass is 367 g/mol. The number of nitrogens with one attached hydrogen (secondary N) is 1. The van der Waals surface area contributed by atoms with Crippen LogP contribution in [0.4, 0.5) is 5.69 Å². The van der Waals surface area contributed by atoms with E-state index in [1.807, 2.05) is 0 Å². The van der Waals surface area contributed by atoms with Gasteiger partial charge in [0.2, 0.25) is 5.91 Å². The van der Waals surface area contributed by atoms with Gasteiger partial charge in [0, 0.05) is 17.5 Å². The van der Waals surface area contributed by atoms with E-state index >= 15 is 0 Å². The number of amides is 1. The van der Waals surface area contributed by atoms with Crippen molar-refractivity contribution in [2.45, 2.75) is 39.0 Å². The predicted octanol–water partition coefficient (Wildman–Crippen LogP) is 5.93. The van der Waals surface area contributed by atoms with E-state index in [4.69, 9.17) is 0 Å². The SMILES string of the molecule is Cc1cc(C)cc(NC(=O)C2(C)CC3c4ccccc4C2c2ccccc23)c1. The molecule has 6 rings (SSSR count). The summed E-state index contributed by atoms with van der Waals surface area (Å²) in [4.78, 5) is 13.6. The van der Waals surface area contributed by atoms with Crippen LogP contribution in [0, 0.1) is 19.3 Å². The molecule has 28 heavy (non-hydrogen) atoms. The van der Waals surface area contributed by atoms with E-state index in [9.17, 15) is 4.79 Å². The van der Waals surface area contributed by atoms with Gasteiger partial charge in [-0.1, -0.05) is 54.6 Å². The summed E-state index contributed by atoms with van der Waals surface area (Å²) in [6.07, 6.45) is 0.850. The van der Waals surface area contributed by atoms with Gasteiger partial charge in [-0.2, -0.15) is 0 Å². The minimum Gasteiger partial charge on any atom is -0.326 e. The van der Waals surface area contributed by atoms with Gasteiger partial charge in [0.1, 0.15) is 0 Å². The molecule has 140 valence electrons. The minimum atomic E-state index is -0.467. The van der Waals surface area contributed by atoms with Crippen LogP contribution in [0.3, 0.4) is 0 Å². The number of rotatable bonds is 2. The molecule has 0 aromatic heterocycles. The molecule has 1 unspecified atom stereocenters. The van der Waals surface area contributed by atoms with E-state index in [1.54, 1.807) is 0 Å². The van der Waals surface area contributed by atoms with Gasteiger partial charge in [0.15, 0.2) is 0 Å². The van der Waals surface area contributed by atoms with Gasteiger partial charge < -0.3 is 5.32 Å². The van der Waals surface area contributed by atoms with Crippen molar-refractivity contribution in [1.29, 1.82) is 0 Å².